The van der Waals surface area contributed by atoms with Gasteiger partial charge in [-0.2, -0.15) is 24.9 Å². The van der Waals surface area contributed by atoms with Gasteiger partial charge in [-0.05, 0) is 25.3 Å². The molecule has 2 amide bonds. The van der Waals surface area contributed by atoms with Gasteiger partial charge in [0.1, 0.15) is 0 Å². The zero-order valence-electron chi connectivity index (χ0n) is 11.6. The number of nitrogens with one attached hydrogen (secondary N) is 2. The van der Waals surface area contributed by atoms with Crippen molar-refractivity contribution >= 4 is 23.5 Å². The minimum Gasteiger partial charge on any atom is -0.387 e. The van der Waals surface area contributed by atoms with E-state index in [-0.39, 0.29) is 12.2 Å². The van der Waals surface area contributed by atoms with E-state index in [9.17, 15) is 23.1 Å². The lowest BCUT2D eigenvalue weighted by Gasteiger charge is -2.22. The van der Waals surface area contributed by atoms with Crippen molar-refractivity contribution in [1.29, 1.82) is 0 Å². The van der Waals surface area contributed by atoms with E-state index < -0.39 is 23.4 Å². The van der Waals surface area contributed by atoms with Crippen molar-refractivity contribution in [3.05, 3.63) is 29.8 Å². The van der Waals surface area contributed by atoms with Crippen molar-refractivity contribution in [1.82, 2.24) is 5.32 Å². The molecule has 1 atom stereocenters. The molecule has 0 radical (unpaired) electrons. The highest BCUT2D eigenvalue weighted by atomic mass is 32.2. The van der Waals surface area contributed by atoms with Crippen LogP contribution in [0.25, 0.3) is 0 Å². The first-order valence-electron chi connectivity index (χ1n) is 6.08. The van der Waals surface area contributed by atoms with Gasteiger partial charge in [-0.1, -0.05) is 12.1 Å². The molecule has 0 bridgehead atoms. The Morgan fingerprint density at radius 1 is 1.33 bits per heavy atom. The van der Waals surface area contributed by atoms with Gasteiger partial charge in [-0.3, -0.25) is 0 Å². The number of rotatable bonds is 5. The summed E-state index contributed by atoms with van der Waals surface area (Å²) in [7, 11) is 0. The summed E-state index contributed by atoms with van der Waals surface area (Å²) in [4.78, 5) is 11.6. The van der Waals surface area contributed by atoms with E-state index in [2.05, 4.69) is 10.6 Å². The molecule has 0 saturated heterocycles. The number of hydrogen-bond donors (Lipinski definition) is 3. The van der Waals surface area contributed by atoms with Crippen LogP contribution in [0.3, 0.4) is 0 Å². The summed E-state index contributed by atoms with van der Waals surface area (Å²) in [6.45, 7) is 1.47. The molecular formula is C13H17F3N2O2S. The van der Waals surface area contributed by atoms with Crippen molar-refractivity contribution in [2.75, 3.05) is 23.9 Å². The first-order chi connectivity index (χ1) is 9.65. The molecule has 1 rings (SSSR count). The van der Waals surface area contributed by atoms with Crippen LogP contribution in [-0.4, -0.2) is 35.3 Å². The zero-order chi connectivity index (χ0) is 16.1. The number of aliphatic hydroxyl groups is 1. The number of thioether (sulfide) groups is 1. The molecular weight excluding hydrogens is 305 g/mol. The predicted octanol–water partition coefficient (Wildman–Crippen LogP) is 2.94. The summed E-state index contributed by atoms with van der Waals surface area (Å²) in [5, 5.41) is 14.4. The number of alkyl halides is 3. The van der Waals surface area contributed by atoms with Crippen LogP contribution in [0, 0.1) is 0 Å². The maximum absolute atomic E-state index is 12.8. The Bertz CT molecular complexity index is 493. The largest absolute Gasteiger partial charge is 0.418 e. The normalized spacial score (nSPS) is 14.4. The molecule has 118 valence electrons. The fourth-order valence-electron chi connectivity index (χ4n) is 1.64. The molecule has 8 heteroatoms. The summed E-state index contributed by atoms with van der Waals surface area (Å²) < 4.78 is 38.3. The average Bonchev–Trinajstić information content (AvgIpc) is 2.36. The highest BCUT2D eigenvalue weighted by Gasteiger charge is 2.33. The van der Waals surface area contributed by atoms with Crippen LogP contribution in [0.15, 0.2) is 24.3 Å². The van der Waals surface area contributed by atoms with E-state index in [4.69, 9.17) is 0 Å². The summed E-state index contributed by atoms with van der Waals surface area (Å²) in [5.74, 6) is 0.395. The van der Waals surface area contributed by atoms with Crippen molar-refractivity contribution < 1.29 is 23.1 Å². The highest BCUT2D eigenvalue weighted by Crippen LogP contribution is 2.34. The molecule has 1 aromatic carbocycles. The molecule has 0 fully saturated rings. The third-order valence-electron chi connectivity index (χ3n) is 2.57. The molecule has 0 saturated carbocycles. The summed E-state index contributed by atoms with van der Waals surface area (Å²) in [6, 6.07) is 3.90. The van der Waals surface area contributed by atoms with Gasteiger partial charge in [0.25, 0.3) is 0 Å². The molecule has 0 spiro atoms. The first kappa shape index (κ1) is 17.6. The Labute approximate surface area is 125 Å². The van der Waals surface area contributed by atoms with Crippen LogP contribution in [0.1, 0.15) is 12.5 Å². The third kappa shape index (κ3) is 5.84. The minimum absolute atomic E-state index is 0.0616. The second kappa shape index (κ2) is 7.04. The van der Waals surface area contributed by atoms with Crippen molar-refractivity contribution in [3.63, 3.8) is 0 Å². The zero-order valence-corrected chi connectivity index (χ0v) is 12.4. The second-order valence-electron chi connectivity index (χ2n) is 4.78. The molecule has 1 aromatic rings. The number of halogens is 3. The van der Waals surface area contributed by atoms with Gasteiger partial charge in [0.15, 0.2) is 0 Å². The number of anilines is 1. The topological polar surface area (TPSA) is 61.4 Å². The molecule has 0 aromatic heterocycles. The van der Waals surface area contributed by atoms with E-state index in [0.717, 1.165) is 6.07 Å². The average molecular weight is 322 g/mol. The van der Waals surface area contributed by atoms with E-state index in [1.165, 1.54) is 36.9 Å². The monoisotopic (exact) mass is 322 g/mol. The number of amides is 2. The number of urea groups is 1. The van der Waals surface area contributed by atoms with E-state index in [1.807, 2.05) is 0 Å². The maximum Gasteiger partial charge on any atom is 0.418 e. The number of hydrogen-bond acceptors (Lipinski definition) is 3. The van der Waals surface area contributed by atoms with Gasteiger partial charge in [0.05, 0.1) is 16.9 Å². The van der Waals surface area contributed by atoms with Gasteiger partial charge in [0, 0.05) is 12.3 Å². The smallest absolute Gasteiger partial charge is 0.387 e. The molecule has 0 aliphatic carbocycles. The fourth-order valence-corrected chi connectivity index (χ4v) is 2.36. The number of para-hydroxylation sites is 1. The molecule has 0 heterocycles. The molecule has 0 aliphatic heterocycles. The van der Waals surface area contributed by atoms with Gasteiger partial charge in [-0.15, -0.1) is 0 Å². The Morgan fingerprint density at radius 3 is 2.52 bits per heavy atom. The predicted molar refractivity (Wildman–Crippen MR) is 77.5 cm³/mol. The maximum atomic E-state index is 12.8. The summed E-state index contributed by atoms with van der Waals surface area (Å²) in [5.41, 5.74) is -2.37. The highest BCUT2D eigenvalue weighted by molar-refractivity contribution is 7.98. The quantitative estimate of drug-likeness (QED) is 0.781. The van der Waals surface area contributed by atoms with Crippen LogP contribution >= 0.6 is 11.8 Å². The number of carbonyl (C=O) groups is 1. The van der Waals surface area contributed by atoms with Crippen molar-refractivity contribution in [2.45, 2.75) is 18.7 Å². The molecule has 0 unspecified atom stereocenters. The van der Waals surface area contributed by atoms with Crippen LogP contribution < -0.4 is 10.6 Å². The van der Waals surface area contributed by atoms with Crippen LogP contribution in [-0.2, 0) is 6.18 Å². The lowest BCUT2D eigenvalue weighted by Crippen LogP contribution is -2.44. The fraction of sp³-hybridized carbons (Fsp3) is 0.462. The summed E-state index contributed by atoms with van der Waals surface area (Å²) >= 11 is 1.40. The second-order valence-corrected chi connectivity index (χ2v) is 5.65. The first-order valence-corrected chi connectivity index (χ1v) is 7.47. The van der Waals surface area contributed by atoms with E-state index >= 15 is 0 Å². The van der Waals surface area contributed by atoms with E-state index in [1.54, 1.807) is 6.26 Å². The molecule has 4 nitrogen and oxygen atoms in total. The van der Waals surface area contributed by atoms with Crippen LogP contribution in [0.4, 0.5) is 23.7 Å². The Balaban J connectivity index is 2.68. The Morgan fingerprint density at radius 2 is 1.95 bits per heavy atom. The summed E-state index contributed by atoms with van der Waals surface area (Å²) in [6.07, 6.45) is -2.75. The Kier molecular flexibility index (Phi) is 5.91. The standard InChI is InChI=1S/C13H17F3N2O2S/c1-12(20,8-21-2)7-17-11(19)18-10-6-4-3-5-9(10)13(14,15)16/h3-6,20H,7-8H2,1-2H3,(H2,17,18,19)/t12-/m1/s1. The third-order valence-corrected chi connectivity index (χ3v) is 3.48. The van der Waals surface area contributed by atoms with Crippen molar-refractivity contribution in [2.24, 2.45) is 0 Å². The van der Waals surface area contributed by atoms with Gasteiger partial charge in [0.2, 0.25) is 0 Å². The van der Waals surface area contributed by atoms with Crippen LogP contribution in [0.5, 0.6) is 0 Å². The number of benzene rings is 1. The van der Waals surface area contributed by atoms with E-state index in [0.29, 0.717) is 5.75 Å². The molecule has 21 heavy (non-hydrogen) atoms. The van der Waals surface area contributed by atoms with Gasteiger partial charge >= 0.3 is 12.2 Å². The lowest BCUT2D eigenvalue weighted by molar-refractivity contribution is -0.136. The molecule has 0 aliphatic rings. The van der Waals surface area contributed by atoms with Crippen molar-refractivity contribution in [3.8, 4) is 0 Å². The van der Waals surface area contributed by atoms with Gasteiger partial charge < -0.3 is 15.7 Å². The van der Waals surface area contributed by atoms with Gasteiger partial charge in [-0.25, -0.2) is 4.79 Å². The minimum atomic E-state index is -4.55. The molecule has 3 N–H and O–H groups in total. The SMILES string of the molecule is CSC[C@](C)(O)CNC(=O)Nc1ccccc1C(F)(F)F. The number of carbonyl (C=O) groups excluding carboxylic acids is 1. The van der Waals surface area contributed by atoms with Crippen LogP contribution in [0.2, 0.25) is 0 Å². The lowest BCUT2D eigenvalue weighted by atomic mass is 10.1. The Hall–Kier alpha value is -1.41.